The van der Waals surface area contributed by atoms with Crippen molar-refractivity contribution in [1.82, 2.24) is 14.5 Å². The number of amides is 1. The Balaban J connectivity index is 1.39. The molecule has 1 aliphatic heterocycles. The number of hydrogen-bond donors (Lipinski definition) is 0. The van der Waals surface area contributed by atoms with Crippen molar-refractivity contribution >= 4 is 29.1 Å². The third kappa shape index (κ3) is 3.94. The summed E-state index contributed by atoms with van der Waals surface area (Å²) in [6.45, 7) is 8.59. The lowest BCUT2D eigenvalue weighted by Crippen LogP contribution is -2.43. The molecule has 1 aromatic carbocycles. The van der Waals surface area contributed by atoms with Crippen molar-refractivity contribution in [3.63, 3.8) is 0 Å². The topological polar surface area (TPSA) is 38.1 Å². The monoisotopic (exact) mass is 433 g/mol. The van der Waals surface area contributed by atoms with Crippen LogP contribution in [0, 0.1) is 5.41 Å². The Morgan fingerprint density at radius 1 is 1.21 bits per heavy atom. The number of carbonyl (C=O) groups is 1. The standard InChI is InChI=1S/C23H29Cl2N3O/c1-16(2)18-6-4-17(5-7-18)14-28-13-10-26-20(28)19-8-11-27(12-9-19)21(29)22(3)15-23(22,24)25/h4-7,10,13,16,19H,8-9,11-12,14-15H2,1-3H3. The number of rotatable bonds is 5. The highest BCUT2D eigenvalue weighted by molar-refractivity contribution is 6.53. The van der Waals surface area contributed by atoms with E-state index in [1.165, 1.54) is 11.1 Å². The molecule has 1 saturated heterocycles. The van der Waals surface area contributed by atoms with Gasteiger partial charge in [-0.3, -0.25) is 4.79 Å². The first-order valence-corrected chi connectivity index (χ1v) is 11.2. The maximum absolute atomic E-state index is 12.8. The van der Waals surface area contributed by atoms with Gasteiger partial charge in [-0.25, -0.2) is 4.98 Å². The van der Waals surface area contributed by atoms with Crippen molar-refractivity contribution in [1.29, 1.82) is 0 Å². The lowest BCUT2D eigenvalue weighted by molar-refractivity contribution is -0.137. The lowest BCUT2D eigenvalue weighted by atomic mass is 9.94. The van der Waals surface area contributed by atoms with Crippen LogP contribution >= 0.6 is 23.2 Å². The summed E-state index contributed by atoms with van der Waals surface area (Å²) in [7, 11) is 0. The lowest BCUT2D eigenvalue weighted by Gasteiger charge is -2.34. The Kier molecular flexibility index (Phi) is 5.45. The molecule has 1 aliphatic carbocycles. The predicted molar refractivity (Wildman–Crippen MR) is 118 cm³/mol. The average Bonchev–Trinajstić information content (AvgIpc) is 3.02. The third-order valence-electron chi connectivity index (χ3n) is 6.62. The van der Waals surface area contributed by atoms with Crippen molar-refractivity contribution in [2.75, 3.05) is 13.1 Å². The second-order valence-corrected chi connectivity index (χ2v) is 10.6. The fraction of sp³-hybridized carbons (Fsp3) is 0.565. The highest BCUT2D eigenvalue weighted by atomic mass is 35.5. The first-order chi connectivity index (χ1) is 13.7. The first-order valence-electron chi connectivity index (χ1n) is 10.5. The molecule has 4 nitrogen and oxygen atoms in total. The molecule has 1 amide bonds. The number of aromatic nitrogens is 2. The van der Waals surface area contributed by atoms with Gasteiger partial charge in [-0.2, -0.15) is 0 Å². The summed E-state index contributed by atoms with van der Waals surface area (Å²) in [5.41, 5.74) is 2.02. The van der Waals surface area contributed by atoms with Crippen LogP contribution in [-0.4, -0.2) is 37.8 Å². The van der Waals surface area contributed by atoms with Crippen LogP contribution < -0.4 is 0 Å². The molecule has 1 aromatic heterocycles. The molecule has 0 spiro atoms. The van der Waals surface area contributed by atoms with Gasteiger partial charge in [-0.05, 0) is 43.2 Å². The fourth-order valence-electron chi connectivity index (χ4n) is 4.34. The smallest absolute Gasteiger partial charge is 0.231 e. The highest BCUT2D eigenvalue weighted by Gasteiger charge is 2.68. The van der Waals surface area contributed by atoms with E-state index in [9.17, 15) is 4.79 Å². The average molecular weight is 434 g/mol. The normalized spacial score (nSPS) is 24.1. The molecule has 2 fully saturated rings. The minimum Gasteiger partial charge on any atom is -0.342 e. The molecule has 2 aliphatic rings. The van der Waals surface area contributed by atoms with E-state index in [1.54, 1.807) is 0 Å². The van der Waals surface area contributed by atoms with Crippen LogP contribution in [0.4, 0.5) is 0 Å². The molecule has 1 atom stereocenters. The molecule has 4 rings (SSSR count). The number of nitrogens with zero attached hydrogens (tertiary/aromatic N) is 3. The Bertz CT molecular complexity index is 882. The molecule has 156 valence electrons. The number of alkyl halides is 2. The van der Waals surface area contributed by atoms with Gasteiger partial charge in [0.25, 0.3) is 0 Å². The van der Waals surface area contributed by atoms with E-state index < -0.39 is 9.75 Å². The number of imidazole rings is 1. The number of carbonyl (C=O) groups excluding carboxylic acids is 1. The molecule has 2 aromatic rings. The van der Waals surface area contributed by atoms with Gasteiger partial charge >= 0.3 is 0 Å². The molecule has 2 heterocycles. The molecule has 6 heteroatoms. The molecule has 0 bridgehead atoms. The SMILES string of the molecule is CC(C)c1ccc(Cn2ccnc2C2CCN(C(=O)C3(C)CC3(Cl)Cl)CC2)cc1. The first kappa shape index (κ1) is 20.7. The van der Waals surface area contributed by atoms with Gasteiger partial charge in [0, 0.05) is 37.9 Å². The summed E-state index contributed by atoms with van der Waals surface area (Å²) in [5.74, 6) is 2.12. The van der Waals surface area contributed by atoms with Gasteiger partial charge < -0.3 is 9.47 Å². The van der Waals surface area contributed by atoms with E-state index in [2.05, 4.69) is 53.9 Å². The summed E-state index contributed by atoms with van der Waals surface area (Å²) in [6, 6.07) is 8.85. The van der Waals surface area contributed by atoms with Crippen molar-refractivity contribution in [2.45, 2.75) is 62.7 Å². The molecule has 0 N–H and O–H groups in total. The van der Waals surface area contributed by atoms with Gasteiger partial charge in [0.1, 0.15) is 10.2 Å². The highest BCUT2D eigenvalue weighted by Crippen LogP contribution is 2.64. The Morgan fingerprint density at radius 2 is 1.83 bits per heavy atom. The van der Waals surface area contributed by atoms with Crippen LogP contribution in [0.1, 0.15) is 68.8 Å². The third-order valence-corrected chi connectivity index (χ3v) is 7.73. The number of likely N-dealkylation sites (tertiary alicyclic amines) is 1. The summed E-state index contributed by atoms with van der Waals surface area (Å²) in [5, 5.41) is 0. The maximum Gasteiger partial charge on any atom is 0.231 e. The van der Waals surface area contributed by atoms with E-state index in [1.807, 2.05) is 18.0 Å². The largest absolute Gasteiger partial charge is 0.342 e. The summed E-state index contributed by atoms with van der Waals surface area (Å²) < 4.78 is 1.35. The summed E-state index contributed by atoms with van der Waals surface area (Å²) in [6.07, 6.45) is 6.33. The van der Waals surface area contributed by atoms with Crippen LogP contribution in [0.5, 0.6) is 0 Å². The number of benzene rings is 1. The minimum absolute atomic E-state index is 0.0922. The van der Waals surface area contributed by atoms with Crippen molar-refractivity contribution < 1.29 is 4.79 Å². The zero-order valence-corrected chi connectivity index (χ0v) is 18.9. The van der Waals surface area contributed by atoms with Crippen LogP contribution in [-0.2, 0) is 11.3 Å². The Labute approximate surface area is 183 Å². The molecule has 1 unspecified atom stereocenters. The number of piperidine rings is 1. The van der Waals surface area contributed by atoms with Gasteiger partial charge in [0.15, 0.2) is 0 Å². The molecule has 0 radical (unpaired) electrons. The Hall–Kier alpha value is -1.52. The van der Waals surface area contributed by atoms with E-state index in [4.69, 9.17) is 23.2 Å². The minimum atomic E-state index is -0.900. The summed E-state index contributed by atoms with van der Waals surface area (Å²) >= 11 is 12.4. The maximum atomic E-state index is 12.8. The van der Waals surface area contributed by atoms with Crippen LogP contribution in [0.25, 0.3) is 0 Å². The van der Waals surface area contributed by atoms with Gasteiger partial charge in [0.2, 0.25) is 5.91 Å². The van der Waals surface area contributed by atoms with Crippen molar-refractivity contribution in [2.24, 2.45) is 5.41 Å². The van der Waals surface area contributed by atoms with Crippen LogP contribution in [0.3, 0.4) is 0 Å². The molecule has 29 heavy (non-hydrogen) atoms. The number of hydrogen-bond acceptors (Lipinski definition) is 2. The zero-order chi connectivity index (χ0) is 20.8. The van der Waals surface area contributed by atoms with Gasteiger partial charge in [-0.15, -0.1) is 23.2 Å². The number of halogens is 2. The molecular weight excluding hydrogens is 405 g/mol. The van der Waals surface area contributed by atoms with Crippen LogP contribution in [0.15, 0.2) is 36.7 Å². The molecule has 1 saturated carbocycles. The van der Waals surface area contributed by atoms with Gasteiger partial charge in [0.05, 0.1) is 5.41 Å². The second kappa shape index (κ2) is 7.63. The van der Waals surface area contributed by atoms with E-state index in [-0.39, 0.29) is 5.91 Å². The predicted octanol–water partition coefficient (Wildman–Crippen LogP) is 5.34. The summed E-state index contributed by atoms with van der Waals surface area (Å²) in [4.78, 5) is 19.4. The van der Waals surface area contributed by atoms with Gasteiger partial charge in [-0.1, -0.05) is 38.1 Å². The fourth-order valence-corrected chi connectivity index (χ4v) is 5.04. The van der Waals surface area contributed by atoms with E-state index >= 15 is 0 Å². The quantitative estimate of drug-likeness (QED) is 0.596. The van der Waals surface area contributed by atoms with Crippen LogP contribution in [0.2, 0.25) is 0 Å². The van der Waals surface area contributed by atoms with Crippen molar-refractivity contribution in [3.05, 3.63) is 53.6 Å². The molecular formula is C23H29Cl2N3O. The van der Waals surface area contributed by atoms with E-state index in [0.717, 1.165) is 38.3 Å². The Morgan fingerprint density at radius 3 is 2.38 bits per heavy atom. The van der Waals surface area contributed by atoms with E-state index in [0.29, 0.717) is 18.3 Å². The zero-order valence-electron chi connectivity index (χ0n) is 17.4. The second-order valence-electron chi connectivity index (χ2n) is 9.09. The van der Waals surface area contributed by atoms with Crippen molar-refractivity contribution in [3.8, 4) is 0 Å².